The summed E-state index contributed by atoms with van der Waals surface area (Å²) in [5.41, 5.74) is -2.94. The second-order valence-electron chi connectivity index (χ2n) is 8.61. The Morgan fingerprint density at radius 2 is 1.00 bits per heavy atom. The molecule has 0 aromatic rings. The van der Waals surface area contributed by atoms with E-state index in [1.165, 1.54) is 27.7 Å². The van der Waals surface area contributed by atoms with Gasteiger partial charge in [0.15, 0.2) is 0 Å². The third-order valence-electron chi connectivity index (χ3n) is 4.87. The van der Waals surface area contributed by atoms with Crippen molar-refractivity contribution in [3.05, 3.63) is 0 Å². The van der Waals surface area contributed by atoms with E-state index in [9.17, 15) is 39.0 Å². The number of nitrogens with one attached hydrogen (secondary N) is 2. The summed E-state index contributed by atoms with van der Waals surface area (Å²) in [5, 5.41) is 44.3. The van der Waals surface area contributed by atoms with Crippen molar-refractivity contribution in [3.63, 3.8) is 0 Å². The number of aliphatic carboxylic acids is 2. The van der Waals surface area contributed by atoms with Crippen LogP contribution in [0.2, 0.25) is 0 Å². The predicted octanol–water partition coefficient (Wildman–Crippen LogP) is -4.00. The maximum atomic E-state index is 11.3. The molecule has 37 heavy (non-hydrogen) atoms. The molecule has 0 aromatic carbocycles. The summed E-state index contributed by atoms with van der Waals surface area (Å²) in [6.07, 6.45) is -0.117. The predicted molar refractivity (Wildman–Crippen MR) is 124 cm³/mol. The smallest absolute Gasteiger partial charge is 0.549 e. The van der Waals surface area contributed by atoms with Gasteiger partial charge in [-0.05, 0) is 40.5 Å². The zero-order valence-corrected chi connectivity index (χ0v) is 24.3. The van der Waals surface area contributed by atoms with Gasteiger partial charge >= 0.3 is 61.5 Å². The topological polar surface area (TPSA) is 232 Å². The fourth-order valence-corrected chi connectivity index (χ4v) is 2.84. The second-order valence-corrected chi connectivity index (χ2v) is 8.61. The Morgan fingerprint density at radius 3 is 1.19 bits per heavy atom. The number of amides is 2. The van der Waals surface area contributed by atoms with Gasteiger partial charge in [-0.25, -0.2) is 9.59 Å². The summed E-state index contributed by atoms with van der Waals surface area (Å²) in [5.74, 6) is -6.76. The van der Waals surface area contributed by atoms with Crippen molar-refractivity contribution in [1.29, 1.82) is 0 Å². The summed E-state index contributed by atoms with van der Waals surface area (Å²) >= 11 is 0. The Kier molecular flexibility index (Phi) is 20.4. The molecule has 15 heteroatoms. The minimum Gasteiger partial charge on any atom is -0.549 e. The number of carbonyl (C=O) groups is 6. The Hall–Kier alpha value is -2.00. The number of hydrogen-bond donors (Lipinski definition) is 4. The quantitative estimate of drug-likeness (QED) is 0.102. The Morgan fingerprint density at radius 1 is 0.730 bits per heavy atom. The van der Waals surface area contributed by atoms with Crippen LogP contribution in [0.3, 0.4) is 0 Å². The third-order valence-corrected chi connectivity index (χ3v) is 4.87. The van der Waals surface area contributed by atoms with E-state index in [1.807, 2.05) is 0 Å². The van der Waals surface area contributed by atoms with E-state index >= 15 is 0 Å². The van der Waals surface area contributed by atoms with Gasteiger partial charge in [-0.2, -0.15) is 0 Å². The molecule has 0 rings (SSSR count). The minimum atomic E-state index is -1.47. The van der Waals surface area contributed by atoms with E-state index in [2.05, 4.69) is 20.1 Å². The van der Waals surface area contributed by atoms with E-state index < -0.39 is 71.8 Å². The number of esters is 2. The first-order chi connectivity index (χ1) is 16.5. The average molecular weight is 561 g/mol. The molecule has 0 aliphatic rings. The molecule has 0 aliphatic heterocycles. The van der Waals surface area contributed by atoms with Crippen molar-refractivity contribution < 1.29 is 58.7 Å². The molecule has 0 saturated heterocycles. The van der Waals surface area contributed by atoms with Gasteiger partial charge in [0.1, 0.15) is 0 Å². The van der Waals surface area contributed by atoms with Crippen molar-refractivity contribution >= 4 is 73.4 Å². The van der Waals surface area contributed by atoms with Gasteiger partial charge in [-0.3, -0.25) is 9.59 Å². The van der Waals surface area contributed by atoms with Crippen LogP contribution < -0.4 is 20.8 Å². The van der Waals surface area contributed by atoms with Gasteiger partial charge in [-0.1, -0.05) is 13.8 Å². The monoisotopic (exact) mass is 560 g/mol. The molecule has 0 bridgehead atoms. The first kappa shape index (κ1) is 39.5. The third kappa shape index (κ3) is 15.1. The minimum absolute atomic E-state index is 0. The van der Waals surface area contributed by atoms with E-state index in [0.717, 1.165) is 0 Å². The maximum absolute atomic E-state index is 11.3. The molecule has 2 amide bonds. The number of carboxylic acid groups (broad SMARTS) is 2. The SMILES string of the molecule is CCOC(=O)C(=O)NC(C)CC(C)(CO)C(=O)[O-].CCOC(=O)C(=O)NC(C)CC(C)(CO)C(=O)[O-].[Ca+2]. The molecule has 0 fully saturated rings. The van der Waals surface area contributed by atoms with Crippen LogP contribution in [0, 0.1) is 10.8 Å². The number of rotatable bonds is 12. The first-order valence-corrected chi connectivity index (χ1v) is 11.1. The average Bonchev–Trinajstić information content (AvgIpc) is 2.78. The molecule has 0 aliphatic carbocycles. The van der Waals surface area contributed by atoms with Crippen LogP contribution in [0.4, 0.5) is 0 Å². The molecular formula is C22H36CaN2O12. The summed E-state index contributed by atoms with van der Waals surface area (Å²) in [6.45, 7) is 7.69. The molecule has 208 valence electrons. The van der Waals surface area contributed by atoms with Crippen LogP contribution in [-0.2, 0) is 38.2 Å². The summed E-state index contributed by atoms with van der Waals surface area (Å²) in [4.78, 5) is 66.3. The first-order valence-electron chi connectivity index (χ1n) is 11.1. The summed E-state index contributed by atoms with van der Waals surface area (Å²) in [7, 11) is 0. The molecule has 0 radical (unpaired) electrons. The van der Waals surface area contributed by atoms with Gasteiger partial charge in [0, 0.05) is 34.9 Å². The van der Waals surface area contributed by atoms with Crippen LogP contribution in [0.15, 0.2) is 0 Å². The van der Waals surface area contributed by atoms with Gasteiger partial charge in [0.05, 0.1) is 26.4 Å². The Bertz CT molecular complexity index is 730. The molecule has 0 spiro atoms. The molecule has 4 N–H and O–H groups in total. The van der Waals surface area contributed by atoms with Crippen molar-refractivity contribution in [1.82, 2.24) is 10.6 Å². The largest absolute Gasteiger partial charge is 2.00 e. The normalized spacial score (nSPS) is 14.9. The number of aliphatic hydroxyl groups excluding tert-OH is 2. The fraction of sp³-hybridized carbons (Fsp3) is 0.727. The van der Waals surface area contributed by atoms with E-state index in [-0.39, 0.29) is 63.8 Å². The van der Waals surface area contributed by atoms with Crippen LogP contribution in [0.25, 0.3) is 0 Å². The Balaban J connectivity index is -0.000000608. The molecule has 0 heterocycles. The van der Waals surface area contributed by atoms with E-state index in [4.69, 9.17) is 10.2 Å². The molecule has 0 aromatic heterocycles. The van der Waals surface area contributed by atoms with Crippen LogP contribution >= 0.6 is 0 Å². The molecule has 0 saturated carbocycles. The van der Waals surface area contributed by atoms with Gasteiger partial charge in [-0.15, -0.1) is 0 Å². The number of hydrogen-bond acceptors (Lipinski definition) is 12. The fourth-order valence-electron chi connectivity index (χ4n) is 2.84. The van der Waals surface area contributed by atoms with Crippen LogP contribution in [0.1, 0.15) is 54.4 Å². The zero-order chi connectivity index (χ0) is 28.7. The number of carboxylic acids is 2. The maximum Gasteiger partial charge on any atom is 2.00 e. The van der Waals surface area contributed by atoms with Crippen LogP contribution in [-0.4, -0.2) is 122 Å². The number of aliphatic hydroxyl groups is 2. The van der Waals surface area contributed by atoms with Crippen molar-refractivity contribution in [2.45, 2.75) is 66.5 Å². The van der Waals surface area contributed by atoms with E-state index in [1.54, 1.807) is 13.8 Å². The van der Waals surface area contributed by atoms with Gasteiger partial charge in [0.2, 0.25) is 0 Å². The second kappa shape index (κ2) is 19.1. The number of carbonyl (C=O) groups excluding carboxylic acids is 6. The molecule has 4 unspecified atom stereocenters. The standard InChI is InChI=1S/2C11H19NO6.Ca/c2*1-4-18-9(15)8(14)12-7(2)5-11(3,6-13)10(16)17;/h2*7,13H,4-6H2,1-3H3,(H,12,14)(H,16,17);/q;;+2/p-2. The van der Waals surface area contributed by atoms with Crippen LogP contribution in [0.5, 0.6) is 0 Å². The Labute approximate surface area is 245 Å². The van der Waals surface area contributed by atoms with Crippen molar-refractivity contribution in [2.24, 2.45) is 10.8 Å². The van der Waals surface area contributed by atoms with Crippen molar-refractivity contribution in [2.75, 3.05) is 26.4 Å². The number of ether oxygens (including phenoxy) is 2. The van der Waals surface area contributed by atoms with Gasteiger partial charge < -0.3 is 50.1 Å². The molecule has 4 atom stereocenters. The molecular weight excluding hydrogens is 524 g/mol. The summed E-state index contributed by atoms with van der Waals surface area (Å²) < 4.78 is 8.96. The van der Waals surface area contributed by atoms with Gasteiger partial charge in [0.25, 0.3) is 0 Å². The zero-order valence-electron chi connectivity index (χ0n) is 22.1. The van der Waals surface area contributed by atoms with E-state index in [0.29, 0.717) is 0 Å². The van der Waals surface area contributed by atoms with Crippen molar-refractivity contribution in [3.8, 4) is 0 Å². The molecule has 14 nitrogen and oxygen atoms in total. The summed E-state index contributed by atoms with van der Waals surface area (Å²) in [6, 6.07) is -1.23.